The molecule has 0 atom stereocenters. The monoisotopic (exact) mass is 334 g/mol. The summed E-state index contributed by atoms with van der Waals surface area (Å²) in [4.78, 5) is 0. The Balaban J connectivity index is -0.000000000833. The van der Waals surface area contributed by atoms with E-state index in [-0.39, 0.29) is 68.6 Å². The zero-order chi connectivity index (χ0) is 2.00. The van der Waals surface area contributed by atoms with Crippen LogP contribution in [0.2, 0.25) is 0 Å². The molecule has 0 aliphatic rings. The van der Waals surface area contributed by atoms with Gasteiger partial charge in [-0.05, 0) is 0 Å². The molecule has 0 unspecified atom stereocenters. The van der Waals surface area contributed by atoms with E-state index in [1.165, 1.54) is 0 Å². The maximum atomic E-state index is 2.00. The molecule has 0 saturated heterocycles. The van der Waals surface area contributed by atoms with Crippen LogP contribution in [0.25, 0.3) is 0 Å². The minimum atomic E-state index is 0. The van der Waals surface area contributed by atoms with Crippen LogP contribution in [0, 0.1) is 7.43 Å². The van der Waals surface area contributed by atoms with Crippen molar-refractivity contribution in [2.75, 3.05) is 0 Å². The maximum Gasteiger partial charge on any atom is 0 e. The molecule has 0 rings (SSSR count). The van der Waals surface area contributed by atoms with Gasteiger partial charge in [0.1, 0.15) is 0 Å². The summed E-state index contributed by atoms with van der Waals surface area (Å²) >= 11 is 0. The molecule has 0 fully saturated rings. The fourth-order valence-electron chi connectivity index (χ4n) is 0. The largest absolute Gasteiger partial charge is 0.358 e. The average Bonchev–Trinajstić information content (AvgIpc) is 1.00. The number of rotatable bonds is 0. The summed E-state index contributed by atoms with van der Waals surface area (Å²) in [6, 6.07) is 0. The molecule has 0 amide bonds. The Morgan fingerprint density at radius 3 is 1.00 bits per heavy atom. The standard InChI is InChI=1S/C2H6.CH4.CH3.W.Y/c1-2;;;;/h1-2H3;1H4;1H3;;/q;;-1;;. The number of hydrogen-bond donors (Lipinski definition) is 0. The summed E-state index contributed by atoms with van der Waals surface area (Å²) in [6.45, 7) is 4.00. The van der Waals surface area contributed by atoms with Crippen molar-refractivity contribution in [1.82, 2.24) is 0 Å². The smallest absolute Gasteiger partial charge is 0 e. The molecule has 0 bridgehead atoms. The molecule has 0 aromatic rings. The van der Waals surface area contributed by atoms with Crippen LogP contribution in [0.3, 0.4) is 0 Å². The molecule has 6 heavy (non-hydrogen) atoms. The van der Waals surface area contributed by atoms with Crippen LogP contribution in [-0.4, -0.2) is 0 Å². The first-order valence-corrected chi connectivity index (χ1v) is 1.00. The molecular weight excluding hydrogens is 321 g/mol. The van der Waals surface area contributed by atoms with Gasteiger partial charge in [-0.25, -0.2) is 0 Å². The quantitative estimate of drug-likeness (QED) is 0.596. The van der Waals surface area contributed by atoms with Gasteiger partial charge in [-0.15, -0.1) is 0 Å². The van der Waals surface area contributed by atoms with E-state index in [0.717, 1.165) is 0 Å². The van der Waals surface area contributed by atoms with Crippen LogP contribution in [-0.2, 0) is 53.8 Å². The Kier molecular flexibility index (Phi) is 545. The topological polar surface area (TPSA) is 0 Å². The van der Waals surface area contributed by atoms with Gasteiger partial charge in [0.15, 0.2) is 0 Å². The Hall–Kier alpha value is 1.79. The van der Waals surface area contributed by atoms with Gasteiger partial charge in [0.2, 0.25) is 0 Å². The zero-order valence-electron chi connectivity index (χ0n) is 3.99. The fraction of sp³-hybridized carbons (Fsp3) is 0.750. The van der Waals surface area contributed by atoms with Crippen LogP contribution in [0.4, 0.5) is 0 Å². The summed E-state index contributed by atoms with van der Waals surface area (Å²) < 4.78 is 0. The van der Waals surface area contributed by atoms with Gasteiger partial charge in [-0.1, -0.05) is 21.3 Å². The van der Waals surface area contributed by atoms with Crippen molar-refractivity contribution in [2.24, 2.45) is 0 Å². The molecule has 0 aromatic carbocycles. The van der Waals surface area contributed by atoms with E-state index in [1.807, 2.05) is 13.8 Å². The second kappa shape index (κ2) is 70.9. The molecule has 0 aliphatic heterocycles. The zero-order valence-corrected chi connectivity index (χ0v) is 9.76. The van der Waals surface area contributed by atoms with Crippen LogP contribution in [0.1, 0.15) is 21.3 Å². The summed E-state index contributed by atoms with van der Waals surface area (Å²) in [5.74, 6) is 0. The third kappa shape index (κ3) is 41.4. The van der Waals surface area contributed by atoms with Crippen molar-refractivity contribution in [3.05, 3.63) is 7.43 Å². The molecular formula is C4H13WY-. The van der Waals surface area contributed by atoms with E-state index in [2.05, 4.69) is 0 Å². The second-order valence-electron chi connectivity index (χ2n) is 0. The summed E-state index contributed by atoms with van der Waals surface area (Å²) in [7, 11) is 0. The predicted molar refractivity (Wildman–Crippen MR) is 24.5 cm³/mol. The predicted octanol–water partition coefficient (Wildman–Crippen LogP) is 2.11. The van der Waals surface area contributed by atoms with E-state index in [1.54, 1.807) is 0 Å². The molecule has 1 radical (unpaired) electrons. The van der Waals surface area contributed by atoms with E-state index < -0.39 is 0 Å². The van der Waals surface area contributed by atoms with E-state index in [0.29, 0.717) is 0 Å². The Bertz CT molecular complexity index is 7.51. The SMILES string of the molecule is C.CC.[CH3-].[W].[Y]. The van der Waals surface area contributed by atoms with E-state index in [4.69, 9.17) is 0 Å². The maximum absolute atomic E-state index is 2.00. The van der Waals surface area contributed by atoms with Gasteiger partial charge in [-0.3, -0.25) is 0 Å². The average molecular weight is 334 g/mol. The molecule has 0 nitrogen and oxygen atoms in total. The van der Waals surface area contributed by atoms with Crippen molar-refractivity contribution < 1.29 is 53.8 Å². The molecule has 0 aromatic heterocycles. The van der Waals surface area contributed by atoms with Crippen LogP contribution in [0.5, 0.6) is 0 Å². The molecule has 2 heteroatoms. The normalized spacial score (nSPS) is 1.00. The van der Waals surface area contributed by atoms with E-state index in [9.17, 15) is 0 Å². The van der Waals surface area contributed by atoms with Gasteiger partial charge in [0.25, 0.3) is 0 Å². The first kappa shape index (κ1) is 46.1. The van der Waals surface area contributed by atoms with Gasteiger partial charge in [0.05, 0.1) is 0 Å². The first-order chi connectivity index (χ1) is 1.00. The Morgan fingerprint density at radius 1 is 1.00 bits per heavy atom. The molecule has 0 spiro atoms. The van der Waals surface area contributed by atoms with Gasteiger partial charge < -0.3 is 7.43 Å². The summed E-state index contributed by atoms with van der Waals surface area (Å²) in [5.41, 5.74) is 0. The van der Waals surface area contributed by atoms with Crippen molar-refractivity contribution in [1.29, 1.82) is 0 Å². The van der Waals surface area contributed by atoms with Crippen molar-refractivity contribution in [3.8, 4) is 0 Å². The van der Waals surface area contributed by atoms with Gasteiger partial charge in [0, 0.05) is 53.8 Å². The van der Waals surface area contributed by atoms with Crippen LogP contribution >= 0.6 is 0 Å². The summed E-state index contributed by atoms with van der Waals surface area (Å²) in [6.07, 6.45) is 0. The minimum Gasteiger partial charge on any atom is -0.358 e. The Morgan fingerprint density at radius 2 is 1.00 bits per heavy atom. The van der Waals surface area contributed by atoms with Gasteiger partial charge >= 0.3 is 0 Å². The molecule has 39 valence electrons. The summed E-state index contributed by atoms with van der Waals surface area (Å²) in [5, 5.41) is 0. The van der Waals surface area contributed by atoms with Crippen molar-refractivity contribution in [2.45, 2.75) is 21.3 Å². The molecule has 0 N–H and O–H groups in total. The van der Waals surface area contributed by atoms with Gasteiger partial charge in [-0.2, -0.15) is 0 Å². The van der Waals surface area contributed by atoms with Crippen molar-refractivity contribution >= 4 is 0 Å². The fourth-order valence-corrected chi connectivity index (χ4v) is 0. The number of hydrogen-bond acceptors (Lipinski definition) is 0. The molecule has 0 heterocycles. The molecule has 0 aliphatic carbocycles. The minimum absolute atomic E-state index is 0. The third-order valence-corrected chi connectivity index (χ3v) is 0. The molecule has 0 saturated carbocycles. The second-order valence-corrected chi connectivity index (χ2v) is 0. The first-order valence-electron chi connectivity index (χ1n) is 1.00. The van der Waals surface area contributed by atoms with Crippen LogP contribution in [0.15, 0.2) is 0 Å². The Labute approximate surface area is 81.6 Å². The van der Waals surface area contributed by atoms with Crippen molar-refractivity contribution in [3.63, 3.8) is 0 Å². The van der Waals surface area contributed by atoms with Crippen LogP contribution < -0.4 is 0 Å². The van der Waals surface area contributed by atoms with E-state index >= 15 is 0 Å². The third-order valence-electron chi connectivity index (χ3n) is 0.